The Bertz CT molecular complexity index is 323. The van der Waals surface area contributed by atoms with Gasteiger partial charge in [0.2, 0.25) is 0 Å². The molecule has 102 valence electrons. The molecule has 1 N–H and O–H groups in total. The SMILES string of the molecule is CCCCCCCCC(NC)c1cccc(C)n1. The molecule has 0 radical (unpaired) electrons. The van der Waals surface area contributed by atoms with Crippen LogP contribution < -0.4 is 5.32 Å². The van der Waals surface area contributed by atoms with Crippen molar-refractivity contribution in [2.75, 3.05) is 7.05 Å². The van der Waals surface area contributed by atoms with Gasteiger partial charge in [0.15, 0.2) is 0 Å². The molecule has 1 heterocycles. The van der Waals surface area contributed by atoms with E-state index in [0.717, 1.165) is 5.69 Å². The molecular weight excluding hydrogens is 220 g/mol. The van der Waals surface area contributed by atoms with E-state index in [1.54, 1.807) is 0 Å². The van der Waals surface area contributed by atoms with Crippen LogP contribution in [0, 0.1) is 6.92 Å². The molecule has 0 fully saturated rings. The van der Waals surface area contributed by atoms with Crippen LogP contribution in [-0.2, 0) is 0 Å². The van der Waals surface area contributed by atoms with Gasteiger partial charge < -0.3 is 5.32 Å². The zero-order valence-corrected chi connectivity index (χ0v) is 12.2. The van der Waals surface area contributed by atoms with Crippen LogP contribution in [0.1, 0.15) is 69.3 Å². The number of hydrogen-bond donors (Lipinski definition) is 1. The number of nitrogens with zero attached hydrogens (tertiary/aromatic N) is 1. The largest absolute Gasteiger partial charge is 0.312 e. The molecule has 0 amide bonds. The van der Waals surface area contributed by atoms with Crippen LogP contribution in [-0.4, -0.2) is 12.0 Å². The molecular formula is C16H28N2. The van der Waals surface area contributed by atoms with E-state index in [0.29, 0.717) is 6.04 Å². The first-order chi connectivity index (χ1) is 8.77. The fourth-order valence-corrected chi connectivity index (χ4v) is 2.33. The summed E-state index contributed by atoms with van der Waals surface area (Å²) in [6.45, 7) is 4.32. The summed E-state index contributed by atoms with van der Waals surface area (Å²) in [4.78, 5) is 4.61. The van der Waals surface area contributed by atoms with E-state index in [2.05, 4.69) is 42.3 Å². The van der Waals surface area contributed by atoms with Crippen molar-refractivity contribution >= 4 is 0 Å². The standard InChI is InChI=1S/C16H28N2/c1-4-5-6-7-8-9-12-15(17-3)16-13-10-11-14(2)18-16/h10-11,13,15,17H,4-9,12H2,1-3H3. The molecule has 1 aromatic rings. The van der Waals surface area contributed by atoms with Crippen molar-refractivity contribution < 1.29 is 0 Å². The molecule has 0 aliphatic carbocycles. The van der Waals surface area contributed by atoms with Gasteiger partial charge in [0, 0.05) is 11.7 Å². The first kappa shape index (κ1) is 15.2. The monoisotopic (exact) mass is 248 g/mol. The number of nitrogens with one attached hydrogen (secondary N) is 1. The molecule has 2 nitrogen and oxygen atoms in total. The van der Waals surface area contributed by atoms with Crippen LogP contribution in [0.3, 0.4) is 0 Å². The molecule has 1 aromatic heterocycles. The average molecular weight is 248 g/mol. The minimum Gasteiger partial charge on any atom is -0.312 e. The van der Waals surface area contributed by atoms with E-state index in [9.17, 15) is 0 Å². The molecule has 0 spiro atoms. The minimum absolute atomic E-state index is 0.413. The van der Waals surface area contributed by atoms with Gasteiger partial charge in [0.1, 0.15) is 0 Å². The van der Waals surface area contributed by atoms with Gasteiger partial charge in [-0.2, -0.15) is 0 Å². The normalized spacial score (nSPS) is 12.6. The molecule has 0 bridgehead atoms. The maximum Gasteiger partial charge on any atom is 0.0576 e. The Labute approximate surface area is 112 Å². The van der Waals surface area contributed by atoms with Crippen molar-refractivity contribution in [1.29, 1.82) is 0 Å². The van der Waals surface area contributed by atoms with E-state index in [1.807, 2.05) is 7.05 Å². The Kier molecular flexibility index (Phi) is 7.66. The zero-order chi connectivity index (χ0) is 13.2. The number of pyridine rings is 1. The third-order valence-electron chi connectivity index (χ3n) is 3.46. The first-order valence-electron chi connectivity index (χ1n) is 7.38. The maximum absolute atomic E-state index is 4.61. The summed E-state index contributed by atoms with van der Waals surface area (Å²) in [6, 6.07) is 6.70. The number of aryl methyl sites for hydroxylation is 1. The Morgan fingerprint density at radius 2 is 1.83 bits per heavy atom. The van der Waals surface area contributed by atoms with Crippen molar-refractivity contribution in [2.45, 2.75) is 64.8 Å². The fourth-order valence-electron chi connectivity index (χ4n) is 2.33. The minimum atomic E-state index is 0.413. The Morgan fingerprint density at radius 3 is 2.50 bits per heavy atom. The predicted molar refractivity (Wildman–Crippen MR) is 78.8 cm³/mol. The van der Waals surface area contributed by atoms with Gasteiger partial charge in [-0.1, -0.05) is 51.5 Å². The van der Waals surface area contributed by atoms with Crippen LogP contribution in [0.15, 0.2) is 18.2 Å². The molecule has 1 atom stereocenters. The van der Waals surface area contributed by atoms with Gasteiger partial charge in [-0.15, -0.1) is 0 Å². The van der Waals surface area contributed by atoms with Crippen LogP contribution in [0.5, 0.6) is 0 Å². The summed E-state index contributed by atoms with van der Waals surface area (Å²) in [5.41, 5.74) is 2.29. The Morgan fingerprint density at radius 1 is 1.11 bits per heavy atom. The van der Waals surface area contributed by atoms with Gasteiger partial charge in [-0.3, -0.25) is 4.98 Å². The lowest BCUT2D eigenvalue weighted by atomic mass is 10.0. The zero-order valence-electron chi connectivity index (χ0n) is 12.2. The van der Waals surface area contributed by atoms with Gasteiger partial charge in [0.25, 0.3) is 0 Å². The van der Waals surface area contributed by atoms with Crippen molar-refractivity contribution in [2.24, 2.45) is 0 Å². The lowest BCUT2D eigenvalue weighted by Crippen LogP contribution is -2.17. The number of hydrogen-bond acceptors (Lipinski definition) is 2. The van der Waals surface area contributed by atoms with E-state index in [4.69, 9.17) is 0 Å². The Hall–Kier alpha value is -0.890. The molecule has 1 unspecified atom stereocenters. The third kappa shape index (κ3) is 5.63. The van der Waals surface area contributed by atoms with Crippen LogP contribution in [0.4, 0.5) is 0 Å². The second-order valence-corrected chi connectivity index (χ2v) is 5.10. The lowest BCUT2D eigenvalue weighted by molar-refractivity contribution is 0.489. The Balaban J connectivity index is 2.29. The van der Waals surface area contributed by atoms with Crippen LogP contribution in [0.25, 0.3) is 0 Å². The third-order valence-corrected chi connectivity index (χ3v) is 3.46. The van der Waals surface area contributed by atoms with Gasteiger partial charge in [-0.25, -0.2) is 0 Å². The lowest BCUT2D eigenvalue weighted by Gasteiger charge is -2.16. The number of rotatable bonds is 9. The van der Waals surface area contributed by atoms with E-state index < -0.39 is 0 Å². The molecule has 0 saturated carbocycles. The van der Waals surface area contributed by atoms with E-state index in [1.165, 1.54) is 50.6 Å². The maximum atomic E-state index is 4.61. The van der Waals surface area contributed by atoms with Crippen LogP contribution in [0.2, 0.25) is 0 Å². The summed E-state index contributed by atoms with van der Waals surface area (Å²) in [5.74, 6) is 0. The highest BCUT2D eigenvalue weighted by Gasteiger charge is 2.09. The van der Waals surface area contributed by atoms with Crippen LogP contribution >= 0.6 is 0 Å². The second-order valence-electron chi connectivity index (χ2n) is 5.10. The van der Waals surface area contributed by atoms with Crippen molar-refractivity contribution in [1.82, 2.24) is 10.3 Å². The highest BCUT2D eigenvalue weighted by molar-refractivity contribution is 5.13. The van der Waals surface area contributed by atoms with E-state index >= 15 is 0 Å². The second kappa shape index (κ2) is 9.09. The van der Waals surface area contributed by atoms with Gasteiger partial charge >= 0.3 is 0 Å². The first-order valence-corrected chi connectivity index (χ1v) is 7.38. The smallest absolute Gasteiger partial charge is 0.0576 e. The number of unbranched alkanes of at least 4 members (excludes halogenated alkanes) is 5. The van der Waals surface area contributed by atoms with Gasteiger partial charge in [-0.05, 0) is 32.5 Å². The van der Waals surface area contributed by atoms with Gasteiger partial charge in [0.05, 0.1) is 5.69 Å². The molecule has 0 aliphatic heterocycles. The highest BCUT2D eigenvalue weighted by Crippen LogP contribution is 2.18. The summed E-state index contributed by atoms with van der Waals surface area (Å²) in [7, 11) is 2.03. The van der Waals surface area contributed by atoms with Crippen molar-refractivity contribution in [3.63, 3.8) is 0 Å². The molecule has 0 aromatic carbocycles. The fraction of sp³-hybridized carbons (Fsp3) is 0.688. The molecule has 18 heavy (non-hydrogen) atoms. The summed E-state index contributed by atoms with van der Waals surface area (Å²) in [5, 5.41) is 3.39. The molecule has 1 rings (SSSR count). The predicted octanol–water partition coefficient (Wildman–Crippen LogP) is 4.40. The number of aromatic nitrogens is 1. The molecule has 0 saturated heterocycles. The quantitative estimate of drug-likeness (QED) is 0.655. The average Bonchev–Trinajstić information content (AvgIpc) is 2.38. The molecule has 0 aliphatic rings. The summed E-state index contributed by atoms with van der Waals surface area (Å²) >= 11 is 0. The van der Waals surface area contributed by atoms with Crippen molar-refractivity contribution in [3.05, 3.63) is 29.6 Å². The van der Waals surface area contributed by atoms with Crippen molar-refractivity contribution in [3.8, 4) is 0 Å². The summed E-state index contributed by atoms with van der Waals surface area (Å²) < 4.78 is 0. The topological polar surface area (TPSA) is 24.9 Å². The summed E-state index contributed by atoms with van der Waals surface area (Å²) in [6.07, 6.45) is 9.32. The molecule has 2 heteroatoms. The van der Waals surface area contributed by atoms with E-state index in [-0.39, 0.29) is 0 Å². The highest BCUT2D eigenvalue weighted by atomic mass is 14.9.